The Labute approximate surface area is 109 Å². The summed E-state index contributed by atoms with van der Waals surface area (Å²) in [7, 11) is 0. The zero-order chi connectivity index (χ0) is 11.9. The number of halogens is 1. The van der Waals surface area contributed by atoms with E-state index in [-0.39, 0.29) is 5.54 Å². The second-order valence-electron chi connectivity index (χ2n) is 4.66. The normalized spacial score (nSPS) is 17.8. The summed E-state index contributed by atoms with van der Waals surface area (Å²) in [6, 6.07) is 8.15. The number of hydrogen-bond acceptors (Lipinski definition) is 2. The summed E-state index contributed by atoms with van der Waals surface area (Å²) in [5.41, 5.74) is 8.18. The monoisotopic (exact) mass is 291 g/mol. The first kappa shape index (κ1) is 11.0. The van der Waals surface area contributed by atoms with Gasteiger partial charge < -0.3 is 10.3 Å². The van der Waals surface area contributed by atoms with E-state index in [1.54, 1.807) is 0 Å². The van der Waals surface area contributed by atoms with E-state index >= 15 is 0 Å². The Balaban J connectivity index is 1.95. The van der Waals surface area contributed by atoms with Gasteiger partial charge in [-0.15, -0.1) is 0 Å². The van der Waals surface area contributed by atoms with Crippen LogP contribution in [0.4, 0.5) is 0 Å². The fourth-order valence-electron chi connectivity index (χ4n) is 2.17. The van der Waals surface area contributed by atoms with Gasteiger partial charge in [0.15, 0.2) is 0 Å². The largest absolute Gasteiger partial charge is 0.320 e. The van der Waals surface area contributed by atoms with E-state index in [2.05, 4.69) is 33.0 Å². The predicted octanol–water partition coefficient (Wildman–Crippen LogP) is 2.97. The first-order valence-corrected chi connectivity index (χ1v) is 6.56. The summed E-state index contributed by atoms with van der Waals surface area (Å²) in [4.78, 5) is 4.44. The molecule has 88 valence electrons. The smallest absolute Gasteiger partial charge is 0.0996 e. The zero-order valence-electron chi connectivity index (χ0n) is 9.44. The minimum absolute atomic E-state index is 0.183. The molecular formula is C13H14BrN3. The van der Waals surface area contributed by atoms with Crippen molar-refractivity contribution in [2.75, 3.05) is 0 Å². The Morgan fingerprint density at radius 3 is 2.82 bits per heavy atom. The van der Waals surface area contributed by atoms with Gasteiger partial charge in [0.1, 0.15) is 0 Å². The first-order chi connectivity index (χ1) is 8.17. The minimum atomic E-state index is -0.183. The Bertz CT molecular complexity index is 543. The number of hydrogen-bond donors (Lipinski definition) is 1. The zero-order valence-corrected chi connectivity index (χ0v) is 11.0. The van der Waals surface area contributed by atoms with Crippen LogP contribution in [-0.4, -0.2) is 9.55 Å². The molecule has 1 aromatic heterocycles. The summed E-state index contributed by atoms with van der Waals surface area (Å²) in [6.45, 7) is 0. The summed E-state index contributed by atoms with van der Waals surface area (Å²) in [5, 5.41) is 0. The molecule has 2 aromatic rings. The van der Waals surface area contributed by atoms with Crippen LogP contribution in [0.5, 0.6) is 0 Å². The van der Waals surface area contributed by atoms with Crippen LogP contribution in [0, 0.1) is 0 Å². The SMILES string of the molecule is NC1(c2cn(-c3cccc(Br)c3)cn2)CCC1. The standard InChI is InChI=1S/C13H14BrN3/c14-10-3-1-4-11(7-10)17-8-12(16-9-17)13(15)5-2-6-13/h1,3-4,7-9H,2,5-6,15H2. The maximum atomic E-state index is 6.26. The Hall–Kier alpha value is -1.13. The molecular weight excluding hydrogens is 278 g/mol. The van der Waals surface area contributed by atoms with E-state index in [4.69, 9.17) is 5.73 Å². The van der Waals surface area contributed by atoms with E-state index in [1.165, 1.54) is 6.42 Å². The average Bonchev–Trinajstić information content (AvgIpc) is 2.75. The number of imidazole rings is 1. The third kappa shape index (κ3) is 1.91. The maximum absolute atomic E-state index is 6.26. The molecule has 0 unspecified atom stereocenters. The van der Waals surface area contributed by atoms with Gasteiger partial charge in [0.05, 0.1) is 17.6 Å². The Morgan fingerprint density at radius 1 is 1.35 bits per heavy atom. The predicted molar refractivity (Wildman–Crippen MR) is 71.0 cm³/mol. The number of benzene rings is 1. The highest BCUT2D eigenvalue weighted by molar-refractivity contribution is 9.10. The van der Waals surface area contributed by atoms with Crippen LogP contribution in [0.3, 0.4) is 0 Å². The second kappa shape index (κ2) is 3.96. The van der Waals surface area contributed by atoms with Crippen LogP contribution in [0.1, 0.15) is 25.0 Å². The van der Waals surface area contributed by atoms with Crippen molar-refractivity contribution in [3.63, 3.8) is 0 Å². The molecule has 0 atom stereocenters. The topological polar surface area (TPSA) is 43.8 Å². The Kier molecular flexibility index (Phi) is 2.56. The molecule has 3 rings (SSSR count). The van der Waals surface area contributed by atoms with E-state index in [0.29, 0.717) is 0 Å². The molecule has 4 heteroatoms. The van der Waals surface area contributed by atoms with E-state index in [9.17, 15) is 0 Å². The van der Waals surface area contributed by atoms with Gasteiger partial charge >= 0.3 is 0 Å². The van der Waals surface area contributed by atoms with Crippen molar-refractivity contribution in [1.29, 1.82) is 0 Å². The van der Waals surface area contributed by atoms with Crippen molar-refractivity contribution in [1.82, 2.24) is 9.55 Å². The molecule has 1 aliphatic rings. The van der Waals surface area contributed by atoms with Crippen molar-refractivity contribution in [2.45, 2.75) is 24.8 Å². The maximum Gasteiger partial charge on any atom is 0.0996 e. The fraction of sp³-hybridized carbons (Fsp3) is 0.308. The lowest BCUT2D eigenvalue weighted by Crippen LogP contribution is -2.43. The molecule has 1 aliphatic carbocycles. The Morgan fingerprint density at radius 2 is 2.18 bits per heavy atom. The van der Waals surface area contributed by atoms with Crippen LogP contribution in [-0.2, 0) is 5.54 Å². The van der Waals surface area contributed by atoms with Crippen molar-refractivity contribution in [3.05, 3.63) is 47.0 Å². The van der Waals surface area contributed by atoms with Crippen LogP contribution < -0.4 is 5.73 Å². The number of aromatic nitrogens is 2. The molecule has 0 bridgehead atoms. The molecule has 0 saturated heterocycles. The van der Waals surface area contributed by atoms with Gasteiger partial charge in [-0.3, -0.25) is 0 Å². The lowest BCUT2D eigenvalue weighted by atomic mass is 9.76. The molecule has 0 aliphatic heterocycles. The molecule has 1 aromatic carbocycles. The van der Waals surface area contributed by atoms with E-state index in [0.717, 1.165) is 28.7 Å². The molecule has 0 radical (unpaired) electrons. The highest BCUT2D eigenvalue weighted by Gasteiger charge is 2.36. The summed E-state index contributed by atoms with van der Waals surface area (Å²) < 4.78 is 3.09. The number of nitrogens with two attached hydrogens (primary N) is 1. The fourth-order valence-corrected chi connectivity index (χ4v) is 2.56. The van der Waals surface area contributed by atoms with Crippen molar-refractivity contribution in [3.8, 4) is 5.69 Å². The molecule has 1 heterocycles. The molecule has 2 N–H and O–H groups in total. The molecule has 17 heavy (non-hydrogen) atoms. The lowest BCUT2D eigenvalue weighted by molar-refractivity contribution is 0.247. The van der Waals surface area contributed by atoms with Crippen LogP contribution in [0.25, 0.3) is 5.69 Å². The van der Waals surface area contributed by atoms with E-state index < -0.39 is 0 Å². The van der Waals surface area contributed by atoms with Gasteiger partial charge in [-0.25, -0.2) is 4.98 Å². The van der Waals surface area contributed by atoms with Crippen molar-refractivity contribution in [2.24, 2.45) is 5.73 Å². The summed E-state index contributed by atoms with van der Waals surface area (Å²) in [5.74, 6) is 0. The quantitative estimate of drug-likeness (QED) is 0.924. The van der Waals surface area contributed by atoms with E-state index in [1.807, 2.05) is 29.2 Å². The second-order valence-corrected chi connectivity index (χ2v) is 5.57. The molecule has 1 fully saturated rings. The molecule has 1 saturated carbocycles. The van der Waals surface area contributed by atoms with Crippen LogP contribution in [0.15, 0.2) is 41.3 Å². The van der Waals surface area contributed by atoms with Crippen LogP contribution in [0.2, 0.25) is 0 Å². The molecule has 0 spiro atoms. The minimum Gasteiger partial charge on any atom is -0.320 e. The van der Waals surface area contributed by atoms with Gasteiger partial charge in [-0.05, 0) is 37.5 Å². The summed E-state index contributed by atoms with van der Waals surface area (Å²) in [6.07, 6.45) is 7.18. The molecule has 0 amide bonds. The highest BCUT2D eigenvalue weighted by atomic mass is 79.9. The first-order valence-electron chi connectivity index (χ1n) is 5.77. The number of rotatable bonds is 2. The van der Waals surface area contributed by atoms with Gasteiger partial charge in [-0.2, -0.15) is 0 Å². The van der Waals surface area contributed by atoms with Gasteiger partial charge in [0, 0.05) is 16.4 Å². The van der Waals surface area contributed by atoms with Gasteiger partial charge in [-0.1, -0.05) is 22.0 Å². The third-order valence-corrected chi connectivity index (χ3v) is 3.94. The third-order valence-electron chi connectivity index (χ3n) is 3.44. The van der Waals surface area contributed by atoms with Crippen LogP contribution >= 0.6 is 15.9 Å². The molecule has 3 nitrogen and oxygen atoms in total. The van der Waals surface area contributed by atoms with Crippen molar-refractivity contribution < 1.29 is 0 Å². The summed E-state index contributed by atoms with van der Waals surface area (Å²) >= 11 is 3.47. The van der Waals surface area contributed by atoms with Gasteiger partial charge in [0.25, 0.3) is 0 Å². The lowest BCUT2D eigenvalue weighted by Gasteiger charge is -2.36. The van der Waals surface area contributed by atoms with Crippen molar-refractivity contribution >= 4 is 15.9 Å². The van der Waals surface area contributed by atoms with Gasteiger partial charge in [0.2, 0.25) is 0 Å². The highest BCUT2D eigenvalue weighted by Crippen LogP contribution is 2.37. The number of nitrogens with zero attached hydrogens (tertiary/aromatic N) is 2. The average molecular weight is 292 g/mol.